The Morgan fingerprint density at radius 3 is 2.04 bits per heavy atom. The van der Waals surface area contributed by atoms with Crippen LogP contribution in [0.25, 0.3) is 0 Å². The molecule has 5 N–H and O–H groups in total. The fourth-order valence-corrected chi connectivity index (χ4v) is 3.36. The first-order valence-electron chi connectivity index (χ1n) is 14.8. The summed E-state index contributed by atoms with van der Waals surface area (Å²) in [5, 5.41) is 18.3. The van der Waals surface area contributed by atoms with Gasteiger partial charge in [0, 0.05) is 30.8 Å². The standard InChI is InChI=1S/C22H25N3O7.C9H17N2O5.Fm/c1-14(2)12-20(26)23-15(3)21(27)24-17-6-4-16(5-7-17)13-31-22(28)32-19-10-8-18(9-11-19)25(29)30;10-9(13)7-16-6-5-15-4-3-14-2-1-11-8-12;/h4-11,14-15H,12-13H2,1-3H3,(H,23,26)(H,24,27);1-7H2,(H2,10,13)(H,11,12);/q;-1;. The number of carbonyl (C=O) groups is 4. The summed E-state index contributed by atoms with van der Waals surface area (Å²) in [5.74, 6) is -0.712. The van der Waals surface area contributed by atoms with E-state index < -0.39 is 23.0 Å². The number of rotatable bonds is 21. The molecule has 0 saturated carbocycles. The number of nitrogens with two attached hydrogens (primary N) is 1. The molecule has 0 spiro atoms. The van der Waals surface area contributed by atoms with Crippen LogP contribution in [0.4, 0.5) is 16.2 Å². The minimum absolute atomic E-state index is 0. The summed E-state index contributed by atoms with van der Waals surface area (Å²) in [6.07, 6.45) is 0.926. The van der Waals surface area contributed by atoms with Gasteiger partial charge in [-0.1, -0.05) is 26.0 Å². The minimum Gasteiger partial charge on any atom is -0.528 e. The Balaban J connectivity index is 0.00000115. The van der Waals surface area contributed by atoms with E-state index in [0.717, 1.165) is 0 Å². The van der Waals surface area contributed by atoms with Crippen molar-refractivity contribution in [1.29, 1.82) is 0 Å². The van der Waals surface area contributed by atoms with E-state index in [1.54, 1.807) is 31.2 Å². The monoisotopic (exact) mass is 933 g/mol. The number of hydrogen-bond acceptors (Lipinski definition) is 12. The van der Waals surface area contributed by atoms with Gasteiger partial charge in [0.2, 0.25) is 17.7 Å². The maximum absolute atomic E-state index is 12.2. The van der Waals surface area contributed by atoms with Gasteiger partial charge in [-0.05, 0) is 42.7 Å². The fraction of sp³-hybridized carbons (Fsp3) is 0.452. The van der Waals surface area contributed by atoms with Crippen molar-refractivity contribution in [2.24, 2.45) is 11.7 Å². The predicted molar refractivity (Wildman–Crippen MR) is 171 cm³/mol. The average Bonchev–Trinajstić information content (AvgIpc) is 3.03. The third-order valence-corrected chi connectivity index (χ3v) is 5.62. The smallest absolute Gasteiger partial charge is 0.514 e. The molecule has 276 valence electrons. The number of carbonyl (C=O) groups excluding carboxylic acids is 5. The van der Waals surface area contributed by atoms with Gasteiger partial charge in [0.05, 0.1) is 38.0 Å². The molecule has 0 bridgehead atoms. The summed E-state index contributed by atoms with van der Waals surface area (Å²) in [6, 6.07) is 10.9. The maximum Gasteiger partial charge on any atom is 0.514 e. The van der Waals surface area contributed by atoms with E-state index in [4.69, 9.17) is 29.4 Å². The van der Waals surface area contributed by atoms with E-state index >= 15 is 0 Å². The summed E-state index contributed by atoms with van der Waals surface area (Å²) >= 11 is 0. The van der Waals surface area contributed by atoms with Crippen LogP contribution in [0.3, 0.4) is 0 Å². The first-order chi connectivity index (χ1) is 22.9. The van der Waals surface area contributed by atoms with Crippen LogP contribution in [0.15, 0.2) is 48.5 Å². The summed E-state index contributed by atoms with van der Waals surface area (Å²) in [4.78, 5) is 65.8. The molecule has 0 aliphatic heterocycles. The molecule has 0 heterocycles. The minimum atomic E-state index is -0.956. The van der Waals surface area contributed by atoms with Crippen molar-refractivity contribution in [2.75, 3.05) is 51.5 Å². The van der Waals surface area contributed by atoms with Gasteiger partial charge in [0.1, 0.15) is 25.0 Å². The molecular weight excluding hydrogens is 891 g/mol. The molecule has 1 atom stereocenters. The van der Waals surface area contributed by atoms with Crippen LogP contribution >= 0.6 is 0 Å². The van der Waals surface area contributed by atoms with Crippen LogP contribution in [-0.2, 0) is 44.7 Å². The average molecular weight is 934 g/mol. The van der Waals surface area contributed by atoms with Gasteiger partial charge < -0.3 is 50.2 Å². The van der Waals surface area contributed by atoms with Crippen LogP contribution in [0.1, 0.15) is 32.8 Å². The molecule has 2 aromatic carbocycles. The van der Waals surface area contributed by atoms with Gasteiger partial charge in [-0.15, -0.1) is 0 Å². The Labute approximate surface area is 277 Å². The second-order valence-corrected chi connectivity index (χ2v) is 10.2. The van der Waals surface area contributed by atoms with Crippen molar-refractivity contribution in [3.63, 3.8) is 0 Å². The third kappa shape index (κ3) is 21.3. The predicted octanol–water partition coefficient (Wildman–Crippen LogP) is 1.98. The van der Waals surface area contributed by atoms with Crippen molar-refractivity contribution >= 4 is 41.7 Å². The SMILES string of the molecule is CC(C)CC(=O)NC(C)C(=O)Nc1ccc(COC(=O)Oc2ccc([N+](=O)[O-])cc2)cc1.NC(=O)COCCOCCOCCN[C-]=O.[Fm]. The first-order valence-corrected chi connectivity index (χ1v) is 14.8. The number of non-ortho nitro benzene ring substituents is 1. The Kier molecular flexibility index (Phi) is 21.9. The van der Waals surface area contributed by atoms with E-state index in [1.165, 1.54) is 30.7 Å². The van der Waals surface area contributed by atoms with Crippen molar-refractivity contribution in [1.82, 2.24) is 10.6 Å². The van der Waals surface area contributed by atoms with E-state index in [-0.39, 0.29) is 42.4 Å². The van der Waals surface area contributed by atoms with Crippen LogP contribution < -0.4 is 26.4 Å². The number of benzene rings is 2. The summed E-state index contributed by atoms with van der Waals surface area (Å²) in [7, 11) is 0. The second-order valence-electron chi connectivity index (χ2n) is 10.2. The van der Waals surface area contributed by atoms with Gasteiger partial charge >= 0.3 is 6.16 Å². The van der Waals surface area contributed by atoms with Gasteiger partial charge in [-0.3, -0.25) is 24.5 Å². The molecule has 4 amide bonds. The van der Waals surface area contributed by atoms with Gasteiger partial charge in [-0.2, -0.15) is 6.41 Å². The van der Waals surface area contributed by atoms with E-state index in [0.29, 0.717) is 57.3 Å². The normalized spacial score (nSPS) is 10.7. The molecule has 0 aromatic heterocycles. The third-order valence-electron chi connectivity index (χ3n) is 5.62. The number of primary amides is 1. The zero-order valence-electron chi connectivity index (χ0n) is 27.3. The molecule has 0 radical (unpaired) electrons. The number of anilines is 1. The number of hydrogen-bond donors (Lipinski definition) is 4. The fourth-order valence-electron chi connectivity index (χ4n) is 3.36. The quantitative estimate of drug-likeness (QED) is 0.0268. The molecule has 49 heavy (non-hydrogen) atoms. The Hall–Kier alpha value is -6.13. The number of nitro groups is 1. The molecule has 2 rings (SSSR count). The molecule has 0 saturated heterocycles. The first kappa shape index (κ1) is 42.9. The second kappa shape index (κ2) is 25.0. The zero-order chi connectivity index (χ0) is 35.7. The van der Waals surface area contributed by atoms with Gasteiger partial charge in [0.15, 0.2) is 0 Å². The summed E-state index contributed by atoms with van der Waals surface area (Å²) in [5.41, 5.74) is 5.91. The Morgan fingerprint density at radius 2 is 1.49 bits per heavy atom. The Bertz CT molecular complexity index is 1300. The maximum atomic E-state index is 12.2. The van der Waals surface area contributed by atoms with Crippen molar-refractivity contribution < 1.29 is 52.6 Å². The van der Waals surface area contributed by atoms with Crippen molar-refractivity contribution in [3.05, 3.63) is 64.2 Å². The van der Waals surface area contributed by atoms with Gasteiger partial charge in [-0.25, -0.2) is 4.79 Å². The van der Waals surface area contributed by atoms with Crippen LogP contribution in [0, 0.1) is 16.0 Å². The molecule has 2 aromatic rings. The molecule has 17 nitrogen and oxygen atoms in total. The number of nitrogens with one attached hydrogen (secondary N) is 3. The number of nitrogens with zero attached hydrogens (tertiary/aromatic N) is 1. The van der Waals surface area contributed by atoms with Crippen LogP contribution in [0.2, 0.25) is 0 Å². The van der Waals surface area contributed by atoms with Gasteiger partial charge in [0.25, 0.3) is 5.69 Å². The number of ether oxygens (including phenoxy) is 5. The molecule has 18 heteroatoms. The number of amides is 4. The van der Waals surface area contributed by atoms with Crippen molar-refractivity contribution in [2.45, 2.75) is 39.8 Å². The molecule has 0 aliphatic rings. The number of nitro benzene ring substituents is 1. The van der Waals surface area contributed by atoms with Crippen molar-refractivity contribution in [3.8, 4) is 5.75 Å². The van der Waals surface area contributed by atoms with E-state index in [1.807, 2.05) is 13.8 Å². The van der Waals surface area contributed by atoms with E-state index in [2.05, 4.69) is 16.0 Å². The van der Waals surface area contributed by atoms with Crippen LogP contribution in [0.5, 0.6) is 5.75 Å². The topological polar surface area (TPSA) is 237 Å². The largest absolute Gasteiger partial charge is 0.528 e. The van der Waals surface area contributed by atoms with Crippen LogP contribution in [-0.4, -0.2) is 87.4 Å². The zero-order valence-corrected chi connectivity index (χ0v) is 29.8. The molecular formula is C31H42FmN5O12-. The summed E-state index contributed by atoms with van der Waals surface area (Å²) in [6.45, 7) is 7.74. The summed E-state index contributed by atoms with van der Waals surface area (Å²) < 4.78 is 25.1. The molecule has 0 fully saturated rings. The van der Waals surface area contributed by atoms with E-state index in [9.17, 15) is 34.1 Å². The molecule has 1 unspecified atom stereocenters. The Morgan fingerprint density at radius 1 is 0.898 bits per heavy atom. The molecule has 0 aliphatic carbocycles.